The average molecular weight is 472 g/mol. The summed E-state index contributed by atoms with van der Waals surface area (Å²) in [7, 11) is 7.87. The minimum Gasteiger partial charge on any atom is -0.493 e. The third kappa shape index (κ3) is 5.84. The van der Waals surface area contributed by atoms with Gasteiger partial charge in [0.2, 0.25) is 5.75 Å². The Morgan fingerprint density at radius 3 is 1.94 bits per heavy atom. The summed E-state index contributed by atoms with van der Waals surface area (Å²) in [6.45, 7) is 0. The molecule has 3 rings (SSSR count). The number of hydrogen-bond acceptors (Lipinski definition) is 7. The normalized spacial score (nSPS) is 10.7. The van der Waals surface area contributed by atoms with E-state index in [9.17, 15) is 4.39 Å². The SMILES string of the molecule is COc1cc(/C=C\c2cc(OC)c(OC)c(OC)c2)c(NSc2cccc(F)c2)cc1OC. The van der Waals surface area contributed by atoms with Crippen LogP contribution in [0.3, 0.4) is 0 Å². The number of benzene rings is 3. The first-order chi connectivity index (χ1) is 16.0. The minimum absolute atomic E-state index is 0.295. The van der Waals surface area contributed by atoms with E-state index < -0.39 is 0 Å². The summed E-state index contributed by atoms with van der Waals surface area (Å²) >= 11 is 1.30. The molecule has 0 aromatic heterocycles. The van der Waals surface area contributed by atoms with E-state index >= 15 is 0 Å². The quantitative estimate of drug-likeness (QED) is 0.281. The zero-order valence-corrected chi connectivity index (χ0v) is 19.9. The third-order valence-corrected chi connectivity index (χ3v) is 5.58. The largest absolute Gasteiger partial charge is 0.493 e. The Balaban J connectivity index is 1.97. The molecule has 0 unspecified atom stereocenters. The molecular weight excluding hydrogens is 445 g/mol. The molecular formula is C25H26FNO5S. The van der Waals surface area contributed by atoms with E-state index in [4.69, 9.17) is 23.7 Å². The van der Waals surface area contributed by atoms with Crippen molar-refractivity contribution in [2.24, 2.45) is 0 Å². The zero-order chi connectivity index (χ0) is 23.8. The maximum atomic E-state index is 13.6. The van der Waals surface area contributed by atoms with Gasteiger partial charge in [0.25, 0.3) is 0 Å². The van der Waals surface area contributed by atoms with Crippen LogP contribution in [0.2, 0.25) is 0 Å². The summed E-state index contributed by atoms with van der Waals surface area (Å²) in [5.41, 5.74) is 2.46. The molecule has 0 amide bonds. The fourth-order valence-electron chi connectivity index (χ4n) is 3.15. The summed E-state index contributed by atoms with van der Waals surface area (Å²) in [6, 6.07) is 13.8. The van der Waals surface area contributed by atoms with E-state index in [1.807, 2.05) is 42.5 Å². The van der Waals surface area contributed by atoms with Gasteiger partial charge in [-0.05, 0) is 53.9 Å². The lowest BCUT2D eigenvalue weighted by molar-refractivity contribution is 0.324. The maximum Gasteiger partial charge on any atom is 0.203 e. The predicted molar refractivity (Wildman–Crippen MR) is 130 cm³/mol. The zero-order valence-electron chi connectivity index (χ0n) is 19.1. The van der Waals surface area contributed by atoms with Crippen LogP contribution in [0.15, 0.2) is 53.4 Å². The Labute approximate surface area is 197 Å². The van der Waals surface area contributed by atoms with E-state index in [0.29, 0.717) is 28.7 Å². The van der Waals surface area contributed by atoms with Crippen LogP contribution in [0.5, 0.6) is 28.7 Å². The molecule has 0 bridgehead atoms. The highest BCUT2D eigenvalue weighted by Crippen LogP contribution is 2.40. The van der Waals surface area contributed by atoms with E-state index in [1.54, 1.807) is 41.6 Å². The number of hydrogen-bond donors (Lipinski definition) is 1. The maximum absolute atomic E-state index is 13.6. The summed E-state index contributed by atoms with van der Waals surface area (Å²) in [6.07, 6.45) is 3.85. The summed E-state index contributed by atoms with van der Waals surface area (Å²) in [5, 5.41) is 0. The highest BCUT2D eigenvalue weighted by Gasteiger charge is 2.13. The summed E-state index contributed by atoms with van der Waals surface area (Å²) in [5.74, 6) is 2.51. The Bertz CT molecular complexity index is 1110. The van der Waals surface area contributed by atoms with Gasteiger partial charge in [-0.15, -0.1) is 0 Å². The average Bonchev–Trinajstić information content (AvgIpc) is 2.85. The highest BCUT2D eigenvalue weighted by atomic mass is 32.2. The molecule has 3 aromatic carbocycles. The molecule has 0 saturated heterocycles. The Kier molecular flexibility index (Phi) is 8.32. The van der Waals surface area contributed by atoms with Gasteiger partial charge in [0.05, 0.1) is 41.2 Å². The van der Waals surface area contributed by atoms with Crippen LogP contribution >= 0.6 is 11.9 Å². The monoisotopic (exact) mass is 471 g/mol. The van der Waals surface area contributed by atoms with Gasteiger partial charge in [0, 0.05) is 16.5 Å². The molecule has 6 nitrogen and oxygen atoms in total. The van der Waals surface area contributed by atoms with Crippen molar-refractivity contribution in [3.63, 3.8) is 0 Å². The first-order valence-electron chi connectivity index (χ1n) is 9.95. The fourth-order valence-corrected chi connectivity index (χ4v) is 3.87. The first kappa shape index (κ1) is 24.1. The predicted octanol–water partition coefficient (Wildman–Crippen LogP) is 6.16. The van der Waals surface area contributed by atoms with Crippen molar-refractivity contribution in [3.05, 3.63) is 65.5 Å². The highest BCUT2D eigenvalue weighted by molar-refractivity contribution is 8.00. The molecule has 0 saturated carbocycles. The minimum atomic E-state index is -0.295. The van der Waals surface area contributed by atoms with Crippen LogP contribution in [-0.2, 0) is 0 Å². The second kappa shape index (κ2) is 11.4. The molecule has 0 aliphatic carbocycles. The second-order valence-corrected chi connectivity index (χ2v) is 7.63. The van der Waals surface area contributed by atoms with Crippen LogP contribution < -0.4 is 28.4 Å². The van der Waals surface area contributed by atoms with Gasteiger partial charge in [0.1, 0.15) is 5.82 Å². The van der Waals surface area contributed by atoms with E-state index in [-0.39, 0.29) is 5.82 Å². The molecule has 0 aliphatic heterocycles. The second-order valence-electron chi connectivity index (χ2n) is 6.75. The summed E-state index contributed by atoms with van der Waals surface area (Å²) in [4.78, 5) is 0.740. The smallest absolute Gasteiger partial charge is 0.203 e. The molecule has 8 heteroatoms. The number of halogens is 1. The lowest BCUT2D eigenvalue weighted by atomic mass is 10.1. The van der Waals surface area contributed by atoms with E-state index in [0.717, 1.165) is 21.7 Å². The van der Waals surface area contributed by atoms with Gasteiger partial charge < -0.3 is 28.4 Å². The Hall–Kier alpha value is -3.52. The summed E-state index contributed by atoms with van der Waals surface area (Å²) < 4.78 is 44.0. The molecule has 1 N–H and O–H groups in total. The van der Waals surface area contributed by atoms with Crippen molar-refractivity contribution in [1.82, 2.24) is 0 Å². The van der Waals surface area contributed by atoms with Gasteiger partial charge in [-0.2, -0.15) is 0 Å². The number of rotatable bonds is 10. The van der Waals surface area contributed by atoms with Crippen molar-refractivity contribution in [1.29, 1.82) is 0 Å². The van der Waals surface area contributed by atoms with Gasteiger partial charge in [0.15, 0.2) is 23.0 Å². The molecule has 0 aliphatic rings. The molecule has 3 aromatic rings. The lowest BCUT2D eigenvalue weighted by Gasteiger charge is -2.15. The van der Waals surface area contributed by atoms with Crippen LogP contribution in [0, 0.1) is 5.82 Å². The van der Waals surface area contributed by atoms with Crippen LogP contribution in [0.25, 0.3) is 12.2 Å². The van der Waals surface area contributed by atoms with Crippen molar-refractivity contribution >= 4 is 29.8 Å². The first-order valence-corrected chi connectivity index (χ1v) is 10.8. The van der Waals surface area contributed by atoms with Crippen molar-refractivity contribution in [3.8, 4) is 28.7 Å². The Morgan fingerprint density at radius 1 is 0.727 bits per heavy atom. The molecule has 174 valence electrons. The van der Waals surface area contributed by atoms with Gasteiger partial charge in [-0.1, -0.05) is 18.2 Å². The Morgan fingerprint density at radius 2 is 1.36 bits per heavy atom. The standard InChI is InChI=1S/C25H26FNO5S/c1-28-21-13-17(10-9-16-11-23(30-3)25(32-5)24(12-16)31-4)20(15-22(21)29-2)27-33-19-8-6-7-18(26)14-19/h6-15,27H,1-5H3/b10-9-. The van der Waals surface area contributed by atoms with Crippen LogP contribution in [-0.4, -0.2) is 35.5 Å². The molecule has 0 radical (unpaired) electrons. The number of methoxy groups -OCH3 is 5. The lowest BCUT2D eigenvalue weighted by Crippen LogP contribution is -1.96. The number of ether oxygens (including phenoxy) is 5. The molecule has 33 heavy (non-hydrogen) atoms. The van der Waals surface area contributed by atoms with Crippen molar-refractivity contribution in [2.45, 2.75) is 4.90 Å². The number of anilines is 1. The van der Waals surface area contributed by atoms with E-state index in [1.165, 1.54) is 24.1 Å². The van der Waals surface area contributed by atoms with Crippen molar-refractivity contribution < 1.29 is 28.1 Å². The van der Waals surface area contributed by atoms with Gasteiger partial charge >= 0.3 is 0 Å². The van der Waals surface area contributed by atoms with Gasteiger partial charge in [-0.3, -0.25) is 0 Å². The molecule has 0 spiro atoms. The van der Waals surface area contributed by atoms with Gasteiger partial charge in [-0.25, -0.2) is 4.39 Å². The number of nitrogens with one attached hydrogen (secondary N) is 1. The molecule has 0 fully saturated rings. The molecule has 0 atom stereocenters. The van der Waals surface area contributed by atoms with E-state index in [2.05, 4.69) is 4.72 Å². The van der Waals surface area contributed by atoms with Crippen LogP contribution in [0.1, 0.15) is 11.1 Å². The van der Waals surface area contributed by atoms with Crippen LogP contribution in [0.4, 0.5) is 10.1 Å². The fraction of sp³-hybridized carbons (Fsp3) is 0.200. The third-order valence-electron chi connectivity index (χ3n) is 4.77. The van der Waals surface area contributed by atoms with Crippen molar-refractivity contribution in [2.75, 3.05) is 40.3 Å². The topological polar surface area (TPSA) is 58.2 Å². The molecule has 0 heterocycles.